The molecule has 5 atom stereocenters. The van der Waals surface area contributed by atoms with E-state index in [0.717, 1.165) is 45.2 Å². The van der Waals surface area contributed by atoms with E-state index in [-0.39, 0.29) is 47.7 Å². The number of aliphatic hydroxyl groups excluding tert-OH is 1. The largest absolute Gasteiger partial charge is 0.453 e. The van der Waals surface area contributed by atoms with Crippen molar-refractivity contribution in [3.8, 4) is 0 Å². The quantitative estimate of drug-likeness (QED) is 0.434. The van der Waals surface area contributed by atoms with Gasteiger partial charge in [0.05, 0.1) is 18.3 Å². The second-order valence-corrected chi connectivity index (χ2v) is 14.7. The fraction of sp³-hybridized carbons (Fsp3) is 0.926. The van der Waals surface area contributed by atoms with E-state index in [1.165, 1.54) is 7.11 Å². The number of methoxy groups -OCH3 is 1. The van der Waals surface area contributed by atoms with Gasteiger partial charge in [0, 0.05) is 63.4 Å². The Balaban J connectivity index is 1.13. The molecule has 12 heteroatoms. The average molecular weight is 570 g/mol. The van der Waals surface area contributed by atoms with Gasteiger partial charge < -0.3 is 20.1 Å². The van der Waals surface area contributed by atoms with Crippen molar-refractivity contribution in [1.82, 2.24) is 25.0 Å². The number of aliphatic hydroxyl groups is 1. The topological polar surface area (TPSA) is 132 Å². The van der Waals surface area contributed by atoms with E-state index in [4.69, 9.17) is 0 Å². The van der Waals surface area contributed by atoms with Crippen LogP contribution in [0.25, 0.3) is 0 Å². The molecule has 5 fully saturated rings. The molecule has 0 bridgehead atoms. The van der Waals surface area contributed by atoms with Gasteiger partial charge in [-0.05, 0) is 76.5 Å². The summed E-state index contributed by atoms with van der Waals surface area (Å²) in [5.74, 6) is 1.32. The molecule has 5 aliphatic rings. The molecule has 222 valence electrons. The zero-order valence-electron chi connectivity index (χ0n) is 23.5. The van der Waals surface area contributed by atoms with Crippen LogP contribution in [0.1, 0.15) is 64.7 Å². The molecule has 0 aromatic rings. The summed E-state index contributed by atoms with van der Waals surface area (Å²) in [6, 6.07) is 0.250. The second-order valence-electron chi connectivity index (χ2n) is 12.5. The molecule has 0 aromatic heterocycles. The summed E-state index contributed by atoms with van der Waals surface area (Å²) in [5.41, 5.74) is 3.56. The van der Waals surface area contributed by atoms with Gasteiger partial charge in [-0.3, -0.25) is 10.2 Å². The summed E-state index contributed by atoms with van der Waals surface area (Å²) in [6.45, 7) is 5.71. The third kappa shape index (κ3) is 6.10. The number of sulfonamides is 1. The predicted molar refractivity (Wildman–Crippen MR) is 146 cm³/mol. The number of carbonyl (C=O) groups excluding carboxylic acids is 2. The first-order chi connectivity index (χ1) is 18.7. The first kappa shape index (κ1) is 29.0. The lowest BCUT2D eigenvalue weighted by atomic mass is 9.74. The van der Waals surface area contributed by atoms with Gasteiger partial charge in [-0.25, -0.2) is 22.5 Å². The van der Waals surface area contributed by atoms with E-state index in [9.17, 15) is 23.1 Å². The molecular formula is C27H47N5O6S. The summed E-state index contributed by atoms with van der Waals surface area (Å²) in [4.78, 5) is 27.0. The lowest BCUT2D eigenvalue weighted by molar-refractivity contribution is -0.136. The van der Waals surface area contributed by atoms with Gasteiger partial charge >= 0.3 is 6.09 Å². The number of hydrazine groups is 1. The van der Waals surface area contributed by atoms with Crippen molar-refractivity contribution in [2.75, 3.05) is 46.4 Å². The number of hydrogen-bond donors (Lipinski definition) is 3. The number of nitrogens with zero attached hydrogens (tertiary/aromatic N) is 3. The zero-order valence-corrected chi connectivity index (χ0v) is 24.3. The van der Waals surface area contributed by atoms with Gasteiger partial charge in [-0.15, -0.1) is 0 Å². The second kappa shape index (κ2) is 12.2. The number of fused-ring (bicyclic) bond motifs is 1. The summed E-state index contributed by atoms with van der Waals surface area (Å²) in [6.07, 6.45) is 6.65. The van der Waals surface area contributed by atoms with Crippen LogP contribution in [0, 0.1) is 23.7 Å². The van der Waals surface area contributed by atoms with E-state index in [1.54, 1.807) is 4.31 Å². The normalized spacial score (nSPS) is 37.0. The number of carbonyl (C=O) groups is 2. The van der Waals surface area contributed by atoms with Gasteiger partial charge in [-0.1, -0.05) is 0 Å². The summed E-state index contributed by atoms with van der Waals surface area (Å²) in [7, 11) is -2.01. The van der Waals surface area contributed by atoms with Crippen molar-refractivity contribution in [3.05, 3.63) is 0 Å². The Morgan fingerprint density at radius 2 is 1.67 bits per heavy atom. The molecule has 4 heterocycles. The highest BCUT2D eigenvalue weighted by molar-refractivity contribution is 7.89. The number of rotatable bonds is 6. The molecule has 4 aliphatic heterocycles. The van der Waals surface area contributed by atoms with Crippen LogP contribution in [0.4, 0.5) is 4.79 Å². The highest BCUT2D eigenvalue weighted by Gasteiger charge is 2.49. The van der Waals surface area contributed by atoms with Crippen molar-refractivity contribution in [3.63, 3.8) is 0 Å². The lowest BCUT2D eigenvalue weighted by Gasteiger charge is -2.43. The van der Waals surface area contributed by atoms with Gasteiger partial charge in [0.25, 0.3) is 0 Å². The minimum Gasteiger partial charge on any atom is -0.453 e. The minimum absolute atomic E-state index is 0.0226. The van der Waals surface area contributed by atoms with E-state index in [1.807, 2.05) is 4.90 Å². The number of nitrogens with one attached hydrogen (secondary N) is 2. The van der Waals surface area contributed by atoms with Crippen molar-refractivity contribution in [2.24, 2.45) is 23.7 Å². The summed E-state index contributed by atoms with van der Waals surface area (Å²) in [5, 5.41) is 14.2. The molecule has 5 unspecified atom stereocenters. The number of alkyl carbamates (subject to hydrolysis) is 1. The monoisotopic (exact) mass is 569 g/mol. The SMILES string of the molecule is COC(=O)NC1CCC(S(=O)(=O)N2CCC(C3CCN4NC(C)C(C(=O)N5CCC(CO)C5)C4C3)CC2)CC1. The molecule has 0 radical (unpaired) electrons. The average Bonchev–Trinajstić information content (AvgIpc) is 3.56. The minimum atomic E-state index is -3.35. The fourth-order valence-electron chi connectivity index (χ4n) is 7.94. The van der Waals surface area contributed by atoms with Crippen molar-refractivity contribution in [2.45, 2.75) is 88.1 Å². The molecule has 0 spiro atoms. The predicted octanol–water partition coefficient (Wildman–Crippen LogP) is 1.14. The number of piperidine rings is 2. The maximum absolute atomic E-state index is 13.5. The number of ether oxygens (including phenoxy) is 1. The van der Waals surface area contributed by atoms with E-state index in [0.29, 0.717) is 57.2 Å². The maximum atomic E-state index is 13.5. The third-order valence-electron chi connectivity index (χ3n) is 10.3. The van der Waals surface area contributed by atoms with Crippen LogP contribution in [0.2, 0.25) is 0 Å². The molecule has 0 aromatic carbocycles. The van der Waals surface area contributed by atoms with E-state index in [2.05, 4.69) is 27.4 Å². The van der Waals surface area contributed by atoms with Crippen molar-refractivity contribution in [1.29, 1.82) is 0 Å². The van der Waals surface area contributed by atoms with E-state index >= 15 is 0 Å². The van der Waals surface area contributed by atoms with Crippen LogP contribution in [0.5, 0.6) is 0 Å². The molecular weight excluding hydrogens is 522 g/mol. The number of hydrogen-bond acceptors (Lipinski definition) is 8. The molecule has 1 saturated carbocycles. The van der Waals surface area contributed by atoms with Crippen LogP contribution in [-0.4, -0.2) is 110 Å². The summed E-state index contributed by atoms with van der Waals surface area (Å²) < 4.78 is 33.2. The van der Waals surface area contributed by atoms with Gasteiger partial charge in [-0.2, -0.15) is 0 Å². The Morgan fingerprint density at radius 1 is 0.974 bits per heavy atom. The van der Waals surface area contributed by atoms with Crippen LogP contribution in [-0.2, 0) is 19.6 Å². The molecule has 2 amide bonds. The maximum Gasteiger partial charge on any atom is 0.407 e. The van der Waals surface area contributed by atoms with Crippen molar-refractivity contribution < 1.29 is 27.9 Å². The molecule has 5 rings (SSSR count). The Morgan fingerprint density at radius 3 is 2.31 bits per heavy atom. The Kier molecular flexibility index (Phi) is 9.07. The summed E-state index contributed by atoms with van der Waals surface area (Å²) >= 11 is 0. The fourth-order valence-corrected chi connectivity index (χ4v) is 9.95. The van der Waals surface area contributed by atoms with Gasteiger partial charge in [0.2, 0.25) is 15.9 Å². The van der Waals surface area contributed by atoms with Crippen LogP contribution in [0.15, 0.2) is 0 Å². The first-order valence-electron chi connectivity index (χ1n) is 15.0. The molecule has 3 N–H and O–H groups in total. The Labute approximate surface area is 233 Å². The molecule has 11 nitrogen and oxygen atoms in total. The Hall–Kier alpha value is -1.47. The highest BCUT2D eigenvalue weighted by atomic mass is 32.2. The molecule has 4 saturated heterocycles. The lowest BCUT2D eigenvalue weighted by Crippen LogP contribution is -2.50. The molecule has 1 aliphatic carbocycles. The van der Waals surface area contributed by atoms with Crippen LogP contribution >= 0.6 is 0 Å². The Bertz CT molecular complexity index is 981. The highest BCUT2D eigenvalue weighted by Crippen LogP contribution is 2.41. The van der Waals surface area contributed by atoms with E-state index < -0.39 is 16.1 Å². The van der Waals surface area contributed by atoms with Crippen LogP contribution < -0.4 is 10.7 Å². The smallest absolute Gasteiger partial charge is 0.407 e. The van der Waals surface area contributed by atoms with Gasteiger partial charge in [0.1, 0.15) is 0 Å². The van der Waals surface area contributed by atoms with Crippen LogP contribution in [0.3, 0.4) is 0 Å². The third-order valence-corrected chi connectivity index (χ3v) is 12.7. The zero-order chi connectivity index (χ0) is 27.7. The molecule has 39 heavy (non-hydrogen) atoms. The van der Waals surface area contributed by atoms with Gasteiger partial charge in [0.15, 0.2) is 0 Å². The first-order valence-corrected chi connectivity index (χ1v) is 16.5. The van der Waals surface area contributed by atoms with Crippen molar-refractivity contribution >= 4 is 22.0 Å². The number of likely N-dealkylation sites (tertiary alicyclic amines) is 1. The number of amides is 2. The standard InChI is InChI=1S/C27H47N5O6S/c1-18-25(26(34)30-11-7-19(16-30)17-33)24-15-21(10-14-32(24)29-18)20-8-12-31(13-9-20)39(36,37)23-5-3-22(4-6-23)28-27(35)38-2/h18-25,29,33H,3-17H2,1-2H3,(H,28,35).